The minimum Gasteiger partial charge on any atom is -0.355 e. The Morgan fingerprint density at radius 3 is 2.15 bits per heavy atom. The number of carbonyl (C=O) groups is 2. The molecule has 178 valence electrons. The molecular formula is C29H33FN2O2. The molecule has 0 radical (unpaired) electrons. The van der Waals surface area contributed by atoms with E-state index in [4.69, 9.17) is 0 Å². The van der Waals surface area contributed by atoms with E-state index < -0.39 is 6.04 Å². The first kappa shape index (κ1) is 25.2. The van der Waals surface area contributed by atoms with E-state index in [2.05, 4.69) is 24.4 Å². The second-order valence-electron chi connectivity index (χ2n) is 8.38. The largest absolute Gasteiger partial charge is 0.355 e. The van der Waals surface area contributed by atoms with Crippen molar-refractivity contribution in [2.45, 2.75) is 52.1 Å². The van der Waals surface area contributed by atoms with E-state index in [1.54, 1.807) is 18.2 Å². The third-order valence-electron chi connectivity index (χ3n) is 5.98. The topological polar surface area (TPSA) is 49.4 Å². The van der Waals surface area contributed by atoms with E-state index in [-0.39, 0.29) is 30.6 Å². The molecule has 0 saturated carbocycles. The average molecular weight is 461 g/mol. The second-order valence-corrected chi connectivity index (χ2v) is 8.38. The summed E-state index contributed by atoms with van der Waals surface area (Å²) < 4.78 is 14.5. The summed E-state index contributed by atoms with van der Waals surface area (Å²) in [5.41, 5.74) is 3.65. The van der Waals surface area contributed by atoms with E-state index in [1.807, 2.05) is 49.4 Å². The quantitative estimate of drug-likeness (QED) is 0.433. The highest BCUT2D eigenvalue weighted by Gasteiger charge is 2.30. The number of halogens is 1. The Balaban J connectivity index is 1.87. The van der Waals surface area contributed by atoms with Crippen molar-refractivity contribution in [1.29, 1.82) is 0 Å². The molecule has 3 aromatic rings. The number of hydrogen-bond donors (Lipinski definition) is 1. The Labute approximate surface area is 201 Å². The standard InChI is InChI=1S/C29H33FN2O2/c1-3-22-14-16-23(17-15-22)18-19-28(33)32(21-25-12-8-9-13-26(25)30)27(29(34)31-4-2)20-24-10-6-5-7-11-24/h5-17,27H,3-4,18-21H2,1-2H3,(H,31,34)/t27-/m0/s1. The smallest absolute Gasteiger partial charge is 0.243 e. The molecule has 0 spiro atoms. The fraction of sp³-hybridized carbons (Fsp3) is 0.310. The lowest BCUT2D eigenvalue weighted by atomic mass is 10.0. The van der Waals surface area contributed by atoms with Crippen LogP contribution >= 0.6 is 0 Å². The van der Waals surface area contributed by atoms with Crippen molar-refractivity contribution in [1.82, 2.24) is 10.2 Å². The molecule has 0 unspecified atom stereocenters. The summed E-state index contributed by atoms with van der Waals surface area (Å²) in [6, 6.07) is 23.5. The molecule has 5 heteroatoms. The van der Waals surface area contributed by atoms with Gasteiger partial charge in [0.15, 0.2) is 0 Å². The van der Waals surface area contributed by atoms with Crippen molar-refractivity contribution < 1.29 is 14.0 Å². The molecule has 0 aromatic heterocycles. The Morgan fingerprint density at radius 1 is 0.853 bits per heavy atom. The summed E-state index contributed by atoms with van der Waals surface area (Å²) in [6.07, 6.45) is 2.12. The van der Waals surface area contributed by atoms with E-state index in [9.17, 15) is 14.0 Å². The van der Waals surface area contributed by atoms with Gasteiger partial charge in [-0.3, -0.25) is 9.59 Å². The van der Waals surface area contributed by atoms with Gasteiger partial charge in [0.25, 0.3) is 0 Å². The Bertz CT molecular complexity index is 1070. The van der Waals surface area contributed by atoms with Gasteiger partial charge in [0.2, 0.25) is 11.8 Å². The molecule has 3 aromatic carbocycles. The van der Waals surface area contributed by atoms with Gasteiger partial charge in [-0.25, -0.2) is 4.39 Å². The van der Waals surface area contributed by atoms with Crippen LogP contribution in [0.4, 0.5) is 4.39 Å². The van der Waals surface area contributed by atoms with Crippen molar-refractivity contribution in [3.05, 3.63) is 107 Å². The maximum atomic E-state index is 14.5. The van der Waals surface area contributed by atoms with Crippen LogP contribution in [0.3, 0.4) is 0 Å². The van der Waals surface area contributed by atoms with Crippen LogP contribution < -0.4 is 5.32 Å². The van der Waals surface area contributed by atoms with Gasteiger partial charge >= 0.3 is 0 Å². The molecule has 0 heterocycles. The number of nitrogens with zero attached hydrogens (tertiary/aromatic N) is 1. The molecule has 4 nitrogen and oxygen atoms in total. The Hall–Kier alpha value is -3.47. The number of carbonyl (C=O) groups excluding carboxylic acids is 2. The maximum Gasteiger partial charge on any atom is 0.243 e. The van der Waals surface area contributed by atoms with Gasteiger partial charge < -0.3 is 10.2 Å². The molecule has 34 heavy (non-hydrogen) atoms. The highest BCUT2D eigenvalue weighted by atomic mass is 19.1. The number of rotatable bonds is 11. The molecule has 0 saturated heterocycles. The monoisotopic (exact) mass is 460 g/mol. The molecule has 0 aliphatic carbocycles. The lowest BCUT2D eigenvalue weighted by molar-refractivity contribution is -0.141. The Kier molecular flexibility index (Phi) is 9.39. The zero-order chi connectivity index (χ0) is 24.3. The summed E-state index contributed by atoms with van der Waals surface area (Å²) in [7, 11) is 0. The molecule has 2 amide bonds. The molecule has 1 atom stereocenters. The van der Waals surface area contributed by atoms with Crippen LogP contribution in [0.1, 0.15) is 42.5 Å². The highest BCUT2D eigenvalue weighted by molar-refractivity contribution is 5.88. The predicted octanol–water partition coefficient (Wildman–Crippen LogP) is 5.10. The number of amides is 2. The van der Waals surface area contributed by atoms with Crippen LogP contribution in [0, 0.1) is 5.82 Å². The summed E-state index contributed by atoms with van der Waals surface area (Å²) in [6.45, 7) is 4.44. The first-order chi connectivity index (χ1) is 16.5. The minimum atomic E-state index is -0.739. The predicted molar refractivity (Wildman–Crippen MR) is 134 cm³/mol. The third-order valence-corrected chi connectivity index (χ3v) is 5.98. The van der Waals surface area contributed by atoms with Crippen molar-refractivity contribution in [2.24, 2.45) is 0 Å². The van der Waals surface area contributed by atoms with Crippen molar-refractivity contribution in [3.8, 4) is 0 Å². The number of benzene rings is 3. The molecule has 3 rings (SSSR count). The molecule has 0 bridgehead atoms. The minimum absolute atomic E-state index is 0.0366. The fourth-order valence-corrected chi connectivity index (χ4v) is 3.99. The summed E-state index contributed by atoms with van der Waals surface area (Å²) in [4.78, 5) is 28.2. The van der Waals surface area contributed by atoms with Crippen LogP contribution in [0.5, 0.6) is 0 Å². The summed E-state index contributed by atoms with van der Waals surface area (Å²) in [5, 5.41) is 2.86. The van der Waals surface area contributed by atoms with Gasteiger partial charge in [0.1, 0.15) is 11.9 Å². The van der Waals surface area contributed by atoms with Crippen LogP contribution in [0.2, 0.25) is 0 Å². The van der Waals surface area contributed by atoms with Gasteiger partial charge in [-0.2, -0.15) is 0 Å². The van der Waals surface area contributed by atoms with Crippen LogP contribution in [0.15, 0.2) is 78.9 Å². The maximum absolute atomic E-state index is 14.5. The van der Waals surface area contributed by atoms with Crippen molar-refractivity contribution >= 4 is 11.8 Å². The third kappa shape index (κ3) is 7.01. The zero-order valence-electron chi connectivity index (χ0n) is 20.0. The van der Waals surface area contributed by atoms with Gasteiger partial charge in [0.05, 0.1) is 0 Å². The first-order valence-electron chi connectivity index (χ1n) is 11.9. The average Bonchev–Trinajstić information content (AvgIpc) is 2.86. The number of likely N-dealkylation sites (N-methyl/N-ethyl adjacent to an activating group) is 1. The van der Waals surface area contributed by atoms with E-state index in [0.717, 1.165) is 17.5 Å². The summed E-state index contributed by atoms with van der Waals surface area (Å²) >= 11 is 0. The second kappa shape index (κ2) is 12.7. The van der Waals surface area contributed by atoms with Gasteiger partial charge in [-0.05, 0) is 42.5 Å². The highest BCUT2D eigenvalue weighted by Crippen LogP contribution is 2.18. The van der Waals surface area contributed by atoms with Crippen LogP contribution in [-0.2, 0) is 35.4 Å². The molecule has 0 fully saturated rings. The van der Waals surface area contributed by atoms with E-state index >= 15 is 0 Å². The molecular weight excluding hydrogens is 427 g/mol. The fourth-order valence-electron chi connectivity index (χ4n) is 3.99. The zero-order valence-corrected chi connectivity index (χ0v) is 20.0. The lowest BCUT2D eigenvalue weighted by Crippen LogP contribution is -2.50. The SMILES string of the molecule is CCNC(=O)[C@H](Cc1ccccc1)N(Cc1ccccc1F)C(=O)CCc1ccc(CC)cc1. The first-order valence-corrected chi connectivity index (χ1v) is 11.9. The van der Waals surface area contributed by atoms with Gasteiger partial charge in [0, 0.05) is 31.5 Å². The van der Waals surface area contributed by atoms with Gasteiger partial charge in [-0.1, -0.05) is 79.7 Å². The van der Waals surface area contributed by atoms with Gasteiger partial charge in [-0.15, -0.1) is 0 Å². The summed E-state index contributed by atoms with van der Waals surface area (Å²) in [5.74, 6) is -0.789. The number of nitrogens with one attached hydrogen (secondary N) is 1. The van der Waals surface area contributed by atoms with Crippen molar-refractivity contribution in [3.63, 3.8) is 0 Å². The Morgan fingerprint density at radius 2 is 1.50 bits per heavy atom. The number of hydrogen-bond acceptors (Lipinski definition) is 2. The normalized spacial score (nSPS) is 11.6. The van der Waals surface area contributed by atoms with Crippen molar-refractivity contribution in [2.75, 3.05) is 6.54 Å². The van der Waals surface area contributed by atoms with E-state index in [1.165, 1.54) is 16.5 Å². The van der Waals surface area contributed by atoms with Crippen LogP contribution in [-0.4, -0.2) is 29.3 Å². The lowest BCUT2D eigenvalue weighted by Gasteiger charge is -2.31. The van der Waals surface area contributed by atoms with E-state index in [0.29, 0.717) is 24.9 Å². The molecule has 0 aliphatic heterocycles. The van der Waals surface area contributed by atoms with Crippen LogP contribution in [0.25, 0.3) is 0 Å². The molecule has 1 N–H and O–H groups in total. The molecule has 0 aliphatic rings. The number of aryl methyl sites for hydroxylation is 2.